The summed E-state index contributed by atoms with van der Waals surface area (Å²) in [5, 5.41) is 3.09. The fourth-order valence-electron chi connectivity index (χ4n) is 1.91. The number of nitrogen functional groups attached to an aromatic ring is 1. The van der Waals surface area contributed by atoms with Gasteiger partial charge in [-0.05, 0) is 40.2 Å². The standard InChI is InChI=1S/C16H14BrN5O/c17-12-8-4-5-9-13(12)23-10-14-20-15(18)22-16(21-14)19-11-6-2-1-3-7-11/h1-9H,10H2,(H3,18,19,20,21,22). The molecule has 0 aliphatic rings. The summed E-state index contributed by atoms with van der Waals surface area (Å²) < 4.78 is 6.57. The molecule has 1 aromatic heterocycles. The van der Waals surface area contributed by atoms with E-state index in [-0.39, 0.29) is 12.6 Å². The molecule has 1 heterocycles. The van der Waals surface area contributed by atoms with Crippen molar-refractivity contribution in [1.29, 1.82) is 0 Å². The first-order chi connectivity index (χ1) is 11.2. The third-order valence-corrected chi connectivity index (χ3v) is 3.58. The SMILES string of the molecule is Nc1nc(COc2ccccc2Br)nc(Nc2ccccc2)n1. The summed E-state index contributed by atoms with van der Waals surface area (Å²) in [6, 6.07) is 17.2. The number of benzene rings is 2. The van der Waals surface area contributed by atoms with Gasteiger partial charge in [0, 0.05) is 5.69 Å². The third-order valence-electron chi connectivity index (χ3n) is 2.92. The smallest absolute Gasteiger partial charge is 0.232 e. The fraction of sp³-hybridized carbons (Fsp3) is 0.0625. The van der Waals surface area contributed by atoms with Gasteiger partial charge in [0.25, 0.3) is 0 Å². The van der Waals surface area contributed by atoms with Crippen molar-refractivity contribution in [3.63, 3.8) is 0 Å². The lowest BCUT2D eigenvalue weighted by Gasteiger charge is -2.09. The Labute approximate surface area is 141 Å². The molecular formula is C16H14BrN5O. The van der Waals surface area contributed by atoms with Gasteiger partial charge in [-0.25, -0.2) is 0 Å². The first-order valence-electron chi connectivity index (χ1n) is 6.90. The van der Waals surface area contributed by atoms with Crippen LogP contribution in [0.3, 0.4) is 0 Å². The fourth-order valence-corrected chi connectivity index (χ4v) is 2.31. The minimum absolute atomic E-state index is 0.143. The molecule has 0 unspecified atom stereocenters. The minimum Gasteiger partial charge on any atom is -0.484 e. The highest BCUT2D eigenvalue weighted by Crippen LogP contribution is 2.24. The van der Waals surface area contributed by atoms with E-state index in [2.05, 4.69) is 36.2 Å². The van der Waals surface area contributed by atoms with Gasteiger partial charge in [-0.15, -0.1) is 0 Å². The van der Waals surface area contributed by atoms with Crippen molar-refractivity contribution in [2.45, 2.75) is 6.61 Å². The lowest BCUT2D eigenvalue weighted by molar-refractivity contribution is 0.294. The molecule has 3 N–H and O–H groups in total. The Morgan fingerprint density at radius 1 is 0.957 bits per heavy atom. The van der Waals surface area contributed by atoms with Gasteiger partial charge in [-0.2, -0.15) is 15.0 Å². The molecule has 0 radical (unpaired) electrons. The van der Waals surface area contributed by atoms with E-state index in [1.807, 2.05) is 54.6 Å². The lowest BCUT2D eigenvalue weighted by atomic mass is 10.3. The second-order valence-electron chi connectivity index (χ2n) is 4.64. The molecule has 0 bridgehead atoms. The van der Waals surface area contributed by atoms with Crippen LogP contribution in [0.1, 0.15) is 5.82 Å². The predicted molar refractivity (Wildman–Crippen MR) is 92.4 cm³/mol. The molecule has 0 aliphatic carbocycles. The highest BCUT2D eigenvalue weighted by molar-refractivity contribution is 9.10. The van der Waals surface area contributed by atoms with Crippen LogP contribution in [0.15, 0.2) is 59.1 Å². The van der Waals surface area contributed by atoms with Crippen LogP contribution in [0.25, 0.3) is 0 Å². The number of halogens is 1. The number of nitrogens with one attached hydrogen (secondary N) is 1. The minimum atomic E-state index is 0.143. The van der Waals surface area contributed by atoms with Crippen molar-refractivity contribution in [2.75, 3.05) is 11.1 Å². The van der Waals surface area contributed by atoms with Gasteiger partial charge >= 0.3 is 0 Å². The Balaban J connectivity index is 1.74. The number of aromatic nitrogens is 3. The Hall–Kier alpha value is -2.67. The third kappa shape index (κ3) is 4.17. The van der Waals surface area contributed by atoms with Crippen LogP contribution < -0.4 is 15.8 Å². The van der Waals surface area contributed by atoms with Crippen LogP contribution in [0.5, 0.6) is 5.75 Å². The average molecular weight is 372 g/mol. The van der Waals surface area contributed by atoms with Crippen molar-refractivity contribution in [1.82, 2.24) is 15.0 Å². The van der Waals surface area contributed by atoms with Gasteiger partial charge in [-0.1, -0.05) is 30.3 Å². The summed E-state index contributed by atoms with van der Waals surface area (Å²) in [6.45, 7) is 0.193. The molecule has 0 saturated carbocycles. The first-order valence-corrected chi connectivity index (χ1v) is 7.70. The molecule has 3 rings (SSSR count). The highest BCUT2D eigenvalue weighted by atomic mass is 79.9. The van der Waals surface area contributed by atoms with E-state index >= 15 is 0 Å². The summed E-state index contributed by atoms with van der Waals surface area (Å²) in [5.41, 5.74) is 6.62. The molecule has 23 heavy (non-hydrogen) atoms. The monoisotopic (exact) mass is 371 g/mol. The van der Waals surface area contributed by atoms with Crippen molar-refractivity contribution >= 4 is 33.5 Å². The predicted octanol–water partition coefficient (Wildman–Crippen LogP) is 3.54. The van der Waals surface area contributed by atoms with Crippen LogP contribution in [0.2, 0.25) is 0 Å². The van der Waals surface area contributed by atoms with Gasteiger partial charge in [0.05, 0.1) is 4.47 Å². The molecule has 3 aromatic rings. The molecule has 0 spiro atoms. The average Bonchev–Trinajstić information content (AvgIpc) is 2.54. The zero-order chi connectivity index (χ0) is 16.1. The molecule has 0 aliphatic heterocycles. The van der Waals surface area contributed by atoms with Gasteiger partial charge in [-0.3, -0.25) is 0 Å². The van der Waals surface area contributed by atoms with Crippen LogP contribution in [-0.2, 0) is 6.61 Å². The van der Waals surface area contributed by atoms with E-state index in [0.29, 0.717) is 17.5 Å². The summed E-state index contributed by atoms with van der Waals surface area (Å²) in [5.74, 6) is 1.69. The van der Waals surface area contributed by atoms with E-state index in [0.717, 1.165) is 10.2 Å². The van der Waals surface area contributed by atoms with E-state index < -0.39 is 0 Å². The van der Waals surface area contributed by atoms with E-state index in [9.17, 15) is 0 Å². The largest absolute Gasteiger partial charge is 0.484 e. The molecule has 0 fully saturated rings. The maximum absolute atomic E-state index is 5.74. The second kappa shape index (κ2) is 7.06. The summed E-state index contributed by atoms with van der Waals surface area (Å²) >= 11 is 3.43. The Morgan fingerprint density at radius 2 is 1.70 bits per heavy atom. The zero-order valence-electron chi connectivity index (χ0n) is 12.1. The summed E-state index contributed by atoms with van der Waals surface area (Å²) in [7, 11) is 0. The maximum atomic E-state index is 5.74. The number of rotatable bonds is 5. The van der Waals surface area contributed by atoms with E-state index in [1.54, 1.807) is 0 Å². The first kappa shape index (κ1) is 15.2. The van der Waals surface area contributed by atoms with Crippen LogP contribution in [0, 0.1) is 0 Å². The number of anilines is 3. The van der Waals surface area contributed by atoms with Crippen molar-refractivity contribution in [3.8, 4) is 5.75 Å². The Kier molecular flexibility index (Phi) is 4.68. The van der Waals surface area contributed by atoms with Gasteiger partial charge in [0.15, 0.2) is 5.82 Å². The number of hydrogen-bond acceptors (Lipinski definition) is 6. The zero-order valence-corrected chi connectivity index (χ0v) is 13.7. The normalized spacial score (nSPS) is 10.3. The lowest BCUT2D eigenvalue weighted by Crippen LogP contribution is -2.09. The number of ether oxygens (including phenoxy) is 1. The highest BCUT2D eigenvalue weighted by Gasteiger charge is 2.07. The summed E-state index contributed by atoms with van der Waals surface area (Å²) in [6.07, 6.45) is 0. The molecule has 0 saturated heterocycles. The number of hydrogen-bond donors (Lipinski definition) is 2. The van der Waals surface area contributed by atoms with Crippen LogP contribution in [-0.4, -0.2) is 15.0 Å². The molecule has 0 atom stereocenters. The number of para-hydroxylation sites is 2. The van der Waals surface area contributed by atoms with Gasteiger partial charge in [0.2, 0.25) is 11.9 Å². The molecule has 0 amide bonds. The molecular weight excluding hydrogens is 358 g/mol. The molecule has 7 heteroatoms. The van der Waals surface area contributed by atoms with E-state index in [4.69, 9.17) is 10.5 Å². The molecule has 6 nitrogen and oxygen atoms in total. The summed E-state index contributed by atoms with van der Waals surface area (Å²) in [4.78, 5) is 12.5. The Bertz CT molecular complexity index is 797. The Morgan fingerprint density at radius 3 is 2.48 bits per heavy atom. The maximum Gasteiger partial charge on any atom is 0.232 e. The van der Waals surface area contributed by atoms with Crippen LogP contribution >= 0.6 is 15.9 Å². The topological polar surface area (TPSA) is 86.0 Å². The molecule has 2 aromatic carbocycles. The van der Waals surface area contributed by atoms with Crippen molar-refractivity contribution in [3.05, 3.63) is 64.9 Å². The van der Waals surface area contributed by atoms with Crippen LogP contribution in [0.4, 0.5) is 17.6 Å². The van der Waals surface area contributed by atoms with Crippen molar-refractivity contribution < 1.29 is 4.74 Å². The molecule has 116 valence electrons. The quantitative estimate of drug-likeness (QED) is 0.713. The van der Waals surface area contributed by atoms with Gasteiger partial charge in [0.1, 0.15) is 12.4 Å². The second-order valence-corrected chi connectivity index (χ2v) is 5.50. The van der Waals surface area contributed by atoms with E-state index in [1.165, 1.54) is 0 Å². The number of nitrogens with two attached hydrogens (primary N) is 1. The van der Waals surface area contributed by atoms with Gasteiger partial charge < -0.3 is 15.8 Å². The number of nitrogens with zero attached hydrogens (tertiary/aromatic N) is 3. The van der Waals surface area contributed by atoms with Crippen molar-refractivity contribution in [2.24, 2.45) is 0 Å².